The first kappa shape index (κ1) is 20.7. The van der Waals surface area contributed by atoms with Crippen molar-refractivity contribution in [1.82, 2.24) is 14.1 Å². The molecule has 0 saturated carbocycles. The van der Waals surface area contributed by atoms with Crippen LogP contribution in [-0.4, -0.2) is 42.0 Å². The van der Waals surface area contributed by atoms with E-state index < -0.39 is 28.3 Å². The van der Waals surface area contributed by atoms with Crippen LogP contribution in [0.15, 0.2) is 65.6 Å². The van der Waals surface area contributed by atoms with E-state index >= 15 is 0 Å². The highest BCUT2D eigenvalue weighted by Gasteiger charge is 2.23. The second-order valence-electron chi connectivity index (χ2n) is 6.58. The molecule has 1 N–H and O–H groups in total. The minimum atomic E-state index is -3.91. The van der Waals surface area contributed by atoms with Gasteiger partial charge in [-0.2, -0.15) is 9.40 Å². The van der Waals surface area contributed by atoms with Gasteiger partial charge >= 0.3 is 0 Å². The molecule has 3 aromatic rings. The van der Waals surface area contributed by atoms with E-state index in [0.717, 1.165) is 39.8 Å². The smallest absolute Gasteiger partial charge is 0.243 e. The molecule has 152 valence electrons. The van der Waals surface area contributed by atoms with E-state index in [1.54, 1.807) is 10.7 Å². The normalized spacial score (nSPS) is 11.6. The molecule has 0 radical (unpaired) electrons. The van der Waals surface area contributed by atoms with Crippen molar-refractivity contribution >= 4 is 21.7 Å². The van der Waals surface area contributed by atoms with Crippen LogP contribution in [0.3, 0.4) is 0 Å². The van der Waals surface area contributed by atoms with Crippen LogP contribution in [-0.2, 0) is 21.4 Å². The molecule has 1 heterocycles. The lowest BCUT2D eigenvalue weighted by molar-refractivity contribution is -0.116. The quantitative estimate of drug-likeness (QED) is 0.642. The van der Waals surface area contributed by atoms with Crippen molar-refractivity contribution in [1.29, 1.82) is 0 Å². The summed E-state index contributed by atoms with van der Waals surface area (Å²) in [6.45, 7) is 1.88. The fraction of sp³-hybridized carbons (Fsp3) is 0.200. The average molecular weight is 416 g/mol. The van der Waals surface area contributed by atoms with Gasteiger partial charge in [0.25, 0.3) is 0 Å². The van der Waals surface area contributed by atoms with E-state index in [0.29, 0.717) is 12.4 Å². The molecule has 0 atom stereocenters. The molecule has 0 aliphatic carbocycles. The Morgan fingerprint density at radius 3 is 2.45 bits per heavy atom. The Morgan fingerprint density at radius 2 is 1.79 bits per heavy atom. The lowest BCUT2D eigenvalue weighted by atomic mass is 10.2. The third-order valence-corrected chi connectivity index (χ3v) is 6.05. The summed E-state index contributed by atoms with van der Waals surface area (Å²) < 4.78 is 40.7. The van der Waals surface area contributed by atoms with E-state index in [9.17, 15) is 17.6 Å². The highest BCUT2D eigenvalue weighted by Crippen LogP contribution is 2.16. The fourth-order valence-corrected chi connectivity index (χ4v) is 3.91. The lowest BCUT2D eigenvalue weighted by Gasteiger charge is -2.17. The number of anilines is 1. The maximum absolute atomic E-state index is 13.0. The summed E-state index contributed by atoms with van der Waals surface area (Å²) in [5, 5.41) is 7.09. The van der Waals surface area contributed by atoms with Gasteiger partial charge in [-0.1, -0.05) is 30.3 Å². The third kappa shape index (κ3) is 5.07. The number of hydrogen-bond donors (Lipinski definition) is 1. The fourth-order valence-electron chi connectivity index (χ4n) is 2.78. The number of nitrogens with one attached hydrogen (secondary N) is 1. The van der Waals surface area contributed by atoms with Gasteiger partial charge in [0.15, 0.2) is 0 Å². The van der Waals surface area contributed by atoms with Crippen LogP contribution in [0.4, 0.5) is 10.2 Å². The third-order valence-electron chi connectivity index (χ3n) is 4.23. The number of halogens is 1. The molecule has 0 spiro atoms. The van der Waals surface area contributed by atoms with Crippen molar-refractivity contribution in [2.24, 2.45) is 0 Å². The predicted molar refractivity (Wildman–Crippen MR) is 107 cm³/mol. The summed E-state index contributed by atoms with van der Waals surface area (Å²) >= 11 is 0. The van der Waals surface area contributed by atoms with Crippen LogP contribution >= 0.6 is 0 Å². The summed E-state index contributed by atoms with van der Waals surface area (Å²) in [6, 6.07) is 15.8. The second kappa shape index (κ2) is 8.54. The Bertz CT molecular complexity index is 1100. The number of amides is 1. The number of hydrogen-bond acceptors (Lipinski definition) is 4. The number of aromatic nitrogens is 2. The molecule has 3 rings (SSSR count). The molecule has 1 amide bonds. The molecule has 9 heteroatoms. The minimum absolute atomic E-state index is 0.0841. The van der Waals surface area contributed by atoms with Crippen LogP contribution < -0.4 is 5.32 Å². The van der Waals surface area contributed by atoms with Crippen molar-refractivity contribution < 1.29 is 17.6 Å². The molecular weight excluding hydrogens is 395 g/mol. The number of likely N-dealkylation sites (N-methyl/N-ethyl adjacent to an activating group) is 1. The van der Waals surface area contributed by atoms with E-state index in [1.807, 2.05) is 37.3 Å². The van der Waals surface area contributed by atoms with E-state index in [2.05, 4.69) is 10.4 Å². The number of carbonyl (C=O) groups excluding carboxylic acids is 1. The van der Waals surface area contributed by atoms with Gasteiger partial charge in [-0.3, -0.25) is 4.79 Å². The second-order valence-corrected chi connectivity index (χ2v) is 8.62. The van der Waals surface area contributed by atoms with Crippen molar-refractivity contribution in [3.8, 4) is 0 Å². The highest BCUT2D eigenvalue weighted by molar-refractivity contribution is 7.89. The summed E-state index contributed by atoms with van der Waals surface area (Å²) in [5.41, 5.74) is 1.74. The summed E-state index contributed by atoms with van der Waals surface area (Å²) in [4.78, 5) is 12.4. The lowest BCUT2D eigenvalue weighted by Crippen LogP contribution is -2.35. The Balaban J connectivity index is 1.70. The monoisotopic (exact) mass is 416 g/mol. The van der Waals surface area contributed by atoms with Crippen LogP contribution in [0, 0.1) is 12.7 Å². The highest BCUT2D eigenvalue weighted by atomic mass is 32.2. The van der Waals surface area contributed by atoms with E-state index in [-0.39, 0.29) is 4.90 Å². The van der Waals surface area contributed by atoms with E-state index in [1.165, 1.54) is 7.05 Å². The molecule has 2 aromatic carbocycles. The predicted octanol–water partition coefficient (Wildman–Crippen LogP) is 2.64. The van der Waals surface area contributed by atoms with Gasteiger partial charge in [-0.25, -0.2) is 17.5 Å². The maximum Gasteiger partial charge on any atom is 0.243 e. The molecule has 0 aliphatic rings. The zero-order valence-electron chi connectivity index (χ0n) is 16.0. The van der Waals surface area contributed by atoms with Gasteiger partial charge in [-0.05, 0) is 36.8 Å². The number of nitrogens with zero attached hydrogens (tertiary/aromatic N) is 3. The number of benzene rings is 2. The molecular formula is C20H21FN4O3S. The van der Waals surface area contributed by atoms with Crippen molar-refractivity contribution in [2.45, 2.75) is 18.4 Å². The first-order valence-corrected chi connectivity index (χ1v) is 10.3. The van der Waals surface area contributed by atoms with Crippen LogP contribution in [0.1, 0.15) is 11.3 Å². The van der Waals surface area contributed by atoms with E-state index in [4.69, 9.17) is 0 Å². The van der Waals surface area contributed by atoms with Crippen LogP contribution in [0.2, 0.25) is 0 Å². The van der Waals surface area contributed by atoms with Gasteiger partial charge in [0.2, 0.25) is 15.9 Å². The average Bonchev–Trinajstić information content (AvgIpc) is 3.01. The Morgan fingerprint density at radius 1 is 1.14 bits per heavy atom. The molecule has 0 unspecified atom stereocenters. The van der Waals surface area contributed by atoms with Gasteiger partial charge in [0.1, 0.15) is 11.6 Å². The van der Waals surface area contributed by atoms with Gasteiger partial charge < -0.3 is 5.32 Å². The molecule has 0 aliphatic heterocycles. The molecule has 1 aromatic heterocycles. The first-order valence-electron chi connectivity index (χ1n) is 8.86. The van der Waals surface area contributed by atoms with Crippen LogP contribution in [0.5, 0.6) is 0 Å². The van der Waals surface area contributed by atoms with Gasteiger partial charge in [0.05, 0.1) is 23.7 Å². The van der Waals surface area contributed by atoms with Gasteiger partial charge in [-0.15, -0.1) is 0 Å². The zero-order chi connectivity index (χ0) is 21.0. The van der Waals surface area contributed by atoms with Crippen molar-refractivity contribution in [2.75, 3.05) is 18.9 Å². The Hall–Kier alpha value is -3.04. The summed E-state index contributed by atoms with van der Waals surface area (Å²) in [5.74, 6) is -0.567. The minimum Gasteiger partial charge on any atom is -0.310 e. The zero-order valence-corrected chi connectivity index (χ0v) is 16.9. The number of aryl methyl sites for hydroxylation is 1. The molecule has 0 saturated heterocycles. The topological polar surface area (TPSA) is 84.3 Å². The Labute approximate surface area is 168 Å². The molecule has 0 bridgehead atoms. The standard InChI is InChI=1S/C20H21FN4O3S/c1-15-12-19(25(23-15)13-16-6-4-3-5-7-16)22-20(26)14-24(2)29(27,28)18-10-8-17(21)9-11-18/h3-12H,13-14H2,1-2H3,(H,22,26). The van der Waals surface area contributed by atoms with Crippen molar-refractivity contribution in [3.05, 3.63) is 77.7 Å². The number of carbonyl (C=O) groups is 1. The van der Waals surface area contributed by atoms with Crippen LogP contribution in [0.25, 0.3) is 0 Å². The number of rotatable bonds is 7. The SMILES string of the molecule is Cc1cc(NC(=O)CN(C)S(=O)(=O)c2ccc(F)cc2)n(Cc2ccccc2)n1. The maximum atomic E-state index is 13.0. The molecule has 7 nitrogen and oxygen atoms in total. The Kier molecular flexibility index (Phi) is 6.09. The largest absolute Gasteiger partial charge is 0.310 e. The van der Waals surface area contributed by atoms with Crippen molar-refractivity contribution in [3.63, 3.8) is 0 Å². The summed E-state index contributed by atoms with van der Waals surface area (Å²) in [6.07, 6.45) is 0. The molecule has 29 heavy (non-hydrogen) atoms. The summed E-state index contributed by atoms with van der Waals surface area (Å²) in [7, 11) is -2.62. The number of sulfonamides is 1. The van der Waals surface area contributed by atoms with Gasteiger partial charge in [0, 0.05) is 13.1 Å². The molecule has 0 fully saturated rings. The first-order chi connectivity index (χ1) is 13.8.